The van der Waals surface area contributed by atoms with E-state index < -0.39 is 5.60 Å². The van der Waals surface area contributed by atoms with Gasteiger partial charge in [0.2, 0.25) is 5.78 Å². The third kappa shape index (κ3) is 3.53. The number of methoxy groups -OCH3 is 1. The third-order valence-electron chi connectivity index (χ3n) is 4.32. The molecule has 4 heteroatoms. The molecule has 0 amide bonds. The van der Waals surface area contributed by atoms with E-state index in [1.165, 1.54) is 6.08 Å². The number of carbonyl (C=O) groups excluding carboxylic acids is 2. The fraction of sp³-hybridized carbons (Fsp3) is 0.500. The molecule has 1 unspecified atom stereocenters. The maximum atomic E-state index is 13.0. The van der Waals surface area contributed by atoms with E-state index in [1.54, 1.807) is 7.11 Å². The van der Waals surface area contributed by atoms with E-state index >= 15 is 0 Å². The number of rotatable bonds is 7. The molecule has 0 radical (unpaired) electrons. The first-order chi connectivity index (χ1) is 11.4. The topological polar surface area (TPSA) is 52.6 Å². The molecule has 0 heterocycles. The van der Waals surface area contributed by atoms with Crippen molar-refractivity contribution < 1.29 is 19.1 Å². The van der Waals surface area contributed by atoms with E-state index in [2.05, 4.69) is 13.8 Å². The van der Waals surface area contributed by atoms with Gasteiger partial charge < -0.3 is 9.47 Å². The Morgan fingerprint density at radius 3 is 2.58 bits per heavy atom. The van der Waals surface area contributed by atoms with Crippen molar-refractivity contribution in [2.24, 2.45) is 5.92 Å². The van der Waals surface area contributed by atoms with Gasteiger partial charge in [0.05, 0.1) is 7.11 Å². The largest absolute Gasteiger partial charge is 0.496 e. The minimum absolute atomic E-state index is 0.219. The fourth-order valence-electron chi connectivity index (χ4n) is 3.02. The van der Waals surface area contributed by atoms with Crippen LogP contribution in [0.15, 0.2) is 30.3 Å². The Morgan fingerprint density at radius 1 is 1.25 bits per heavy atom. The summed E-state index contributed by atoms with van der Waals surface area (Å²) >= 11 is 0. The molecule has 2 rings (SSSR count). The molecule has 1 aromatic carbocycles. The van der Waals surface area contributed by atoms with Crippen LogP contribution in [0.4, 0.5) is 0 Å². The standard InChI is InChI=1S/C20H26O4/c1-5-8-19(22)24-20(12-11-14(2)3)16-10-7-6-9-15(16)17(23-4)13-18(20)21/h6-7,9-10,13-14H,5,8,11-12H2,1-4H3. The van der Waals surface area contributed by atoms with E-state index in [4.69, 9.17) is 9.47 Å². The molecule has 4 nitrogen and oxygen atoms in total. The van der Waals surface area contributed by atoms with Crippen molar-refractivity contribution >= 4 is 17.5 Å². The van der Waals surface area contributed by atoms with Gasteiger partial charge in [-0.3, -0.25) is 9.59 Å². The predicted molar refractivity (Wildman–Crippen MR) is 93.2 cm³/mol. The van der Waals surface area contributed by atoms with Crippen LogP contribution in [-0.2, 0) is 24.7 Å². The summed E-state index contributed by atoms with van der Waals surface area (Å²) in [6.07, 6.45) is 3.72. The molecule has 1 atom stereocenters. The number of benzene rings is 1. The molecule has 0 N–H and O–H groups in total. The van der Waals surface area contributed by atoms with E-state index in [0.717, 1.165) is 17.5 Å². The van der Waals surface area contributed by atoms with Gasteiger partial charge in [-0.15, -0.1) is 0 Å². The molecule has 0 aliphatic heterocycles. The number of ketones is 1. The molecule has 0 spiro atoms. The average molecular weight is 330 g/mol. The molecular weight excluding hydrogens is 304 g/mol. The molecular formula is C20H26O4. The third-order valence-corrected chi connectivity index (χ3v) is 4.32. The molecule has 0 bridgehead atoms. The number of esters is 1. The lowest BCUT2D eigenvalue weighted by Gasteiger charge is -2.36. The van der Waals surface area contributed by atoms with E-state index in [0.29, 0.717) is 30.9 Å². The van der Waals surface area contributed by atoms with Crippen molar-refractivity contribution in [2.45, 2.75) is 52.1 Å². The van der Waals surface area contributed by atoms with Crippen molar-refractivity contribution in [3.05, 3.63) is 41.5 Å². The number of fused-ring (bicyclic) bond motifs is 1. The van der Waals surface area contributed by atoms with Crippen LogP contribution >= 0.6 is 0 Å². The lowest BCUT2D eigenvalue weighted by Crippen LogP contribution is -2.43. The minimum Gasteiger partial charge on any atom is -0.496 e. The number of carbonyl (C=O) groups is 2. The highest BCUT2D eigenvalue weighted by molar-refractivity contribution is 6.06. The first kappa shape index (κ1) is 18.2. The van der Waals surface area contributed by atoms with E-state index in [-0.39, 0.29) is 11.8 Å². The summed E-state index contributed by atoms with van der Waals surface area (Å²) in [5, 5.41) is 0. The lowest BCUT2D eigenvalue weighted by atomic mass is 9.77. The van der Waals surface area contributed by atoms with E-state index in [9.17, 15) is 9.59 Å². The van der Waals surface area contributed by atoms with Crippen LogP contribution in [0.3, 0.4) is 0 Å². The summed E-state index contributed by atoms with van der Waals surface area (Å²) in [6, 6.07) is 7.51. The van der Waals surface area contributed by atoms with Gasteiger partial charge in [-0.2, -0.15) is 0 Å². The highest BCUT2D eigenvalue weighted by atomic mass is 16.6. The number of ether oxygens (including phenoxy) is 2. The zero-order valence-electron chi connectivity index (χ0n) is 14.9. The molecule has 0 fully saturated rings. The summed E-state index contributed by atoms with van der Waals surface area (Å²) in [6.45, 7) is 6.11. The Morgan fingerprint density at radius 2 is 1.96 bits per heavy atom. The monoisotopic (exact) mass is 330 g/mol. The molecule has 0 saturated heterocycles. The molecule has 0 saturated carbocycles. The summed E-state index contributed by atoms with van der Waals surface area (Å²) in [5.74, 6) is 0.364. The van der Waals surface area contributed by atoms with Gasteiger partial charge in [0.15, 0.2) is 5.60 Å². The lowest BCUT2D eigenvalue weighted by molar-refractivity contribution is -0.168. The first-order valence-corrected chi connectivity index (χ1v) is 8.56. The smallest absolute Gasteiger partial charge is 0.307 e. The van der Waals surface area contributed by atoms with Crippen molar-refractivity contribution in [3.8, 4) is 0 Å². The van der Waals surface area contributed by atoms with Gasteiger partial charge >= 0.3 is 5.97 Å². The molecule has 1 aliphatic rings. The zero-order valence-corrected chi connectivity index (χ0v) is 14.9. The summed E-state index contributed by atoms with van der Waals surface area (Å²) in [7, 11) is 1.54. The van der Waals surface area contributed by atoms with Crippen molar-refractivity contribution in [3.63, 3.8) is 0 Å². The number of hydrogen-bond donors (Lipinski definition) is 0. The van der Waals surface area contributed by atoms with Gasteiger partial charge in [0.1, 0.15) is 5.76 Å². The SMILES string of the molecule is CCCC(=O)OC1(CCC(C)C)C(=O)C=C(OC)c2ccccc21. The van der Waals surface area contributed by atoms with Crippen molar-refractivity contribution in [1.29, 1.82) is 0 Å². The van der Waals surface area contributed by atoms with Crippen LogP contribution in [0.1, 0.15) is 57.6 Å². The maximum Gasteiger partial charge on any atom is 0.307 e. The Kier molecular flexibility index (Phi) is 5.81. The fourth-order valence-corrected chi connectivity index (χ4v) is 3.02. The first-order valence-electron chi connectivity index (χ1n) is 8.56. The average Bonchev–Trinajstić information content (AvgIpc) is 2.56. The van der Waals surface area contributed by atoms with Crippen LogP contribution in [-0.4, -0.2) is 18.9 Å². The van der Waals surface area contributed by atoms with Crippen LogP contribution < -0.4 is 0 Å². The Hall–Kier alpha value is -2.10. The highest BCUT2D eigenvalue weighted by Gasteiger charge is 2.47. The second-order valence-electron chi connectivity index (χ2n) is 6.61. The van der Waals surface area contributed by atoms with Gasteiger partial charge in [0, 0.05) is 23.6 Å². The molecule has 0 aromatic heterocycles. The van der Waals surface area contributed by atoms with Gasteiger partial charge in [-0.05, 0) is 25.2 Å². The van der Waals surface area contributed by atoms with Crippen LogP contribution in [0.2, 0.25) is 0 Å². The van der Waals surface area contributed by atoms with Gasteiger partial charge in [-0.1, -0.05) is 45.0 Å². The Bertz CT molecular complexity index is 645. The van der Waals surface area contributed by atoms with Crippen molar-refractivity contribution in [1.82, 2.24) is 0 Å². The van der Waals surface area contributed by atoms with Gasteiger partial charge in [0.25, 0.3) is 0 Å². The summed E-state index contributed by atoms with van der Waals surface area (Å²) in [4.78, 5) is 25.2. The van der Waals surface area contributed by atoms with Gasteiger partial charge in [-0.25, -0.2) is 0 Å². The zero-order chi connectivity index (χ0) is 17.7. The second kappa shape index (κ2) is 7.65. The maximum absolute atomic E-state index is 13.0. The number of hydrogen-bond acceptors (Lipinski definition) is 4. The Balaban J connectivity index is 2.53. The van der Waals surface area contributed by atoms with E-state index in [1.807, 2.05) is 31.2 Å². The summed E-state index contributed by atoms with van der Waals surface area (Å²) in [5.41, 5.74) is 0.293. The van der Waals surface area contributed by atoms with Crippen molar-refractivity contribution in [2.75, 3.05) is 7.11 Å². The minimum atomic E-state index is -1.24. The second-order valence-corrected chi connectivity index (χ2v) is 6.61. The normalized spacial score (nSPS) is 19.7. The predicted octanol–water partition coefficient (Wildman–Crippen LogP) is 4.23. The quantitative estimate of drug-likeness (QED) is 0.702. The molecule has 1 aliphatic carbocycles. The Labute approximate surface area is 143 Å². The van der Waals surface area contributed by atoms with Crippen LogP contribution in [0, 0.1) is 5.92 Å². The highest BCUT2D eigenvalue weighted by Crippen LogP contribution is 2.42. The molecule has 130 valence electrons. The van der Waals surface area contributed by atoms with Crippen LogP contribution in [0.25, 0.3) is 5.76 Å². The molecule has 24 heavy (non-hydrogen) atoms. The molecule has 1 aromatic rings. The summed E-state index contributed by atoms with van der Waals surface area (Å²) < 4.78 is 11.2. The van der Waals surface area contributed by atoms with Crippen LogP contribution in [0.5, 0.6) is 0 Å².